The third-order valence-corrected chi connectivity index (χ3v) is 7.18. The van der Waals surface area contributed by atoms with Crippen LogP contribution in [0.5, 0.6) is 5.75 Å². The summed E-state index contributed by atoms with van der Waals surface area (Å²) in [6.07, 6.45) is 4.29. The fourth-order valence-electron chi connectivity index (χ4n) is 4.45. The summed E-state index contributed by atoms with van der Waals surface area (Å²) < 4.78 is 0. The highest BCUT2D eigenvalue weighted by atomic mass is 35.5. The van der Waals surface area contributed by atoms with Crippen molar-refractivity contribution < 1.29 is 15.0 Å². The monoisotopic (exact) mass is 502 g/mol. The Labute approximate surface area is 211 Å². The highest BCUT2D eigenvalue weighted by molar-refractivity contribution is 6.42. The number of aryl methyl sites for hydroxylation is 2. The molecule has 0 amide bonds. The van der Waals surface area contributed by atoms with Gasteiger partial charge in [-0.05, 0) is 74.1 Å². The Balaban J connectivity index is 0.000000406. The van der Waals surface area contributed by atoms with Crippen LogP contribution in [-0.2, 0) is 19.3 Å². The Hall–Kier alpha value is -2.34. The van der Waals surface area contributed by atoms with Gasteiger partial charge < -0.3 is 15.1 Å². The molecule has 3 aromatic rings. The molecule has 0 spiro atoms. The zero-order valence-corrected chi connectivity index (χ0v) is 21.5. The maximum Gasteiger partial charge on any atom is 0.340 e. The average molecular weight is 503 g/mol. The van der Waals surface area contributed by atoms with Crippen LogP contribution >= 0.6 is 23.2 Å². The van der Waals surface area contributed by atoms with Crippen LogP contribution in [0.4, 0.5) is 0 Å². The first-order chi connectivity index (χ1) is 16.3. The molecule has 182 valence electrons. The Kier molecular flexibility index (Phi) is 9.17. The number of hydrogen-bond donors (Lipinski definition) is 2. The number of carboxylic acid groups (broad SMARTS) is 1. The lowest BCUT2D eigenvalue weighted by Gasteiger charge is -2.19. The van der Waals surface area contributed by atoms with E-state index in [1.54, 1.807) is 24.3 Å². The van der Waals surface area contributed by atoms with Gasteiger partial charge in [-0.2, -0.15) is 0 Å². The minimum absolute atomic E-state index is 0.0940. The molecule has 1 heterocycles. The molecule has 0 aliphatic heterocycles. The molecule has 0 saturated heterocycles. The number of carboxylic acids is 1. The number of fused-ring (bicyclic) bond motifs is 3. The van der Waals surface area contributed by atoms with Crippen molar-refractivity contribution in [1.29, 1.82) is 0 Å². The minimum Gasteiger partial charge on any atom is -0.505 e. The molecule has 2 aromatic carbocycles. The molecule has 0 fully saturated rings. The van der Waals surface area contributed by atoms with E-state index in [4.69, 9.17) is 23.2 Å². The number of pyridine rings is 1. The molecule has 0 bridgehead atoms. The van der Waals surface area contributed by atoms with Crippen molar-refractivity contribution in [2.45, 2.75) is 52.9 Å². The molecule has 1 aliphatic carbocycles. The number of carbonyl (C=O) groups is 1. The molecule has 1 aliphatic rings. The molecular weight excluding hydrogens is 471 g/mol. The minimum atomic E-state index is -1.16. The number of aromatic hydroxyl groups is 1. The summed E-state index contributed by atoms with van der Waals surface area (Å²) in [5.41, 5.74) is 4.02. The van der Waals surface area contributed by atoms with Crippen molar-refractivity contribution in [3.8, 4) is 5.75 Å². The molecule has 0 saturated carbocycles. The number of rotatable bonds is 6. The van der Waals surface area contributed by atoms with Crippen molar-refractivity contribution in [3.63, 3.8) is 0 Å². The lowest BCUT2D eigenvalue weighted by molar-refractivity contribution is 0.0695. The van der Waals surface area contributed by atoms with E-state index in [-0.39, 0.29) is 17.7 Å². The standard InChI is InChI=1S/C21H17Cl2NO3.C6H15N/c22-15-8-5-11(9-16(15)23)10-17-20(25)18(21(26)27)14-7-6-12-3-1-2-4-13(12)19(14)24-17;1-4-7(5-2)6-3/h5-9,25H,1-4,10H2,(H,26,27);4-6H2,1-3H3. The van der Waals surface area contributed by atoms with Gasteiger partial charge in [0.15, 0.2) is 5.75 Å². The molecule has 4 rings (SSSR count). The van der Waals surface area contributed by atoms with Gasteiger partial charge in [-0.1, -0.05) is 62.2 Å². The van der Waals surface area contributed by atoms with Crippen LogP contribution in [0.2, 0.25) is 10.0 Å². The Bertz CT molecular complexity index is 1170. The molecule has 34 heavy (non-hydrogen) atoms. The second-order valence-electron chi connectivity index (χ2n) is 8.44. The number of aromatic carboxylic acids is 1. The first-order valence-electron chi connectivity index (χ1n) is 11.9. The Morgan fingerprint density at radius 2 is 1.68 bits per heavy atom. The van der Waals surface area contributed by atoms with Crippen LogP contribution < -0.4 is 0 Å². The second kappa shape index (κ2) is 11.9. The summed E-state index contributed by atoms with van der Waals surface area (Å²) in [4.78, 5) is 18.9. The van der Waals surface area contributed by atoms with Gasteiger partial charge in [0.1, 0.15) is 5.56 Å². The third kappa shape index (κ3) is 5.83. The third-order valence-electron chi connectivity index (χ3n) is 6.44. The second-order valence-corrected chi connectivity index (χ2v) is 9.25. The molecule has 2 N–H and O–H groups in total. The number of benzene rings is 2. The van der Waals surface area contributed by atoms with E-state index in [0.29, 0.717) is 26.6 Å². The summed E-state index contributed by atoms with van der Waals surface area (Å²) in [6.45, 7) is 10.1. The molecule has 0 unspecified atom stereocenters. The molecule has 1 aromatic heterocycles. The predicted octanol–water partition coefficient (Wildman–Crippen LogP) is 6.76. The van der Waals surface area contributed by atoms with Crippen molar-refractivity contribution in [2.24, 2.45) is 0 Å². The molecule has 5 nitrogen and oxygen atoms in total. The van der Waals surface area contributed by atoms with Gasteiger partial charge >= 0.3 is 5.97 Å². The van der Waals surface area contributed by atoms with Crippen LogP contribution in [0.25, 0.3) is 10.9 Å². The molecule has 0 atom stereocenters. The maximum absolute atomic E-state index is 11.9. The maximum atomic E-state index is 11.9. The molecular formula is C27H32Cl2N2O3. The van der Waals surface area contributed by atoms with E-state index in [1.165, 1.54) is 25.2 Å². The predicted molar refractivity (Wildman–Crippen MR) is 140 cm³/mol. The van der Waals surface area contributed by atoms with E-state index >= 15 is 0 Å². The topological polar surface area (TPSA) is 73.7 Å². The molecule has 0 radical (unpaired) electrons. The lowest BCUT2D eigenvalue weighted by atomic mass is 9.88. The van der Waals surface area contributed by atoms with E-state index < -0.39 is 5.97 Å². The van der Waals surface area contributed by atoms with Crippen LogP contribution in [0.15, 0.2) is 30.3 Å². The zero-order chi connectivity index (χ0) is 24.8. The highest BCUT2D eigenvalue weighted by Crippen LogP contribution is 2.36. The quantitative estimate of drug-likeness (QED) is 0.389. The number of halogens is 2. The van der Waals surface area contributed by atoms with Crippen molar-refractivity contribution in [2.75, 3.05) is 19.6 Å². The van der Waals surface area contributed by atoms with Crippen LogP contribution in [0.1, 0.15) is 66.4 Å². The summed E-state index contributed by atoms with van der Waals surface area (Å²) in [7, 11) is 0. The van der Waals surface area contributed by atoms with Crippen molar-refractivity contribution >= 4 is 40.1 Å². The van der Waals surface area contributed by atoms with Gasteiger partial charge in [0, 0.05) is 11.8 Å². The number of hydrogen-bond acceptors (Lipinski definition) is 4. The van der Waals surface area contributed by atoms with Gasteiger partial charge in [-0.15, -0.1) is 0 Å². The van der Waals surface area contributed by atoms with Gasteiger partial charge in [0.25, 0.3) is 0 Å². The zero-order valence-electron chi connectivity index (χ0n) is 20.0. The largest absolute Gasteiger partial charge is 0.505 e. The number of nitrogens with zero attached hydrogens (tertiary/aromatic N) is 2. The summed E-state index contributed by atoms with van der Waals surface area (Å²) in [5.74, 6) is -1.46. The highest BCUT2D eigenvalue weighted by Gasteiger charge is 2.23. The van der Waals surface area contributed by atoms with Gasteiger partial charge in [0.2, 0.25) is 0 Å². The SMILES string of the molecule is CCN(CC)CC.O=C(O)c1c(O)c(Cc2ccc(Cl)c(Cl)c2)nc2c3c(ccc12)CCCC3. The summed E-state index contributed by atoms with van der Waals surface area (Å²) >= 11 is 12.0. The normalized spacial score (nSPS) is 12.9. The summed E-state index contributed by atoms with van der Waals surface area (Å²) in [6, 6.07) is 8.90. The fraction of sp³-hybridized carbons (Fsp3) is 0.407. The van der Waals surface area contributed by atoms with Crippen LogP contribution in [0, 0.1) is 0 Å². The van der Waals surface area contributed by atoms with E-state index in [2.05, 4.69) is 30.7 Å². The molecule has 7 heteroatoms. The first kappa shape index (κ1) is 26.3. The van der Waals surface area contributed by atoms with Crippen LogP contribution in [-0.4, -0.2) is 45.7 Å². The smallest absolute Gasteiger partial charge is 0.340 e. The number of aromatic nitrogens is 1. The summed E-state index contributed by atoms with van der Waals surface area (Å²) in [5, 5.41) is 21.7. The average Bonchev–Trinajstić information content (AvgIpc) is 2.83. The van der Waals surface area contributed by atoms with Crippen LogP contribution in [0.3, 0.4) is 0 Å². The van der Waals surface area contributed by atoms with Gasteiger partial charge in [0.05, 0.1) is 21.3 Å². The first-order valence-corrected chi connectivity index (χ1v) is 12.6. The Morgan fingerprint density at radius 1 is 1.00 bits per heavy atom. The van der Waals surface area contributed by atoms with E-state index in [0.717, 1.165) is 36.8 Å². The van der Waals surface area contributed by atoms with Gasteiger partial charge in [-0.3, -0.25) is 0 Å². The lowest BCUT2D eigenvalue weighted by Crippen LogP contribution is -2.21. The van der Waals surface area contributed by atoms with Crippen molar-refractivity contribution in [1.82, 2.24) is 9.88 Å². The van der Waals surface area contributed by atoms with Crippen molar-refractivity contribution in [3.05, 3.63) is 68.3 Å². The Morgan fingerprint density at radius 3 is 2.26 bits per heavy atom. The van der Waals surface area contributed by atoms with E-state index in [1.807, 2.05) is 6.07 Å². The van der Waals surface area contributed by atoms with Gasteiger partial charge in [-0.25, -0.2) is 9.78 Å². The van der Waals surface area contributed by atoms with E-state index in [9.17, 15) is 15.0 Å². The fourth-order valence-corrected chi connectivity index (χ4v) is 4.77.